The Balaban J connectivity index is 2.18. The van der Waals surface area contributed by atoms with Crippen molar-refractivity contribution in [2.75, 3.05) is 19.6 Å². The monoisotopic (exact) mass is 300 g/mol. The van der Waals surface area contributed by atoms with Crippen LogP contribution in [0.5, 0.6) is 0 Å². The van der Waals surface area contributed by atoms with Gasteiger partial charge in [0.2, 0.25) is 0 Å². The van der Waals surface area contributed by atoms with Crippen LogP contribution in [0.2, 0.25) is 0 Å². The molecule has 21 heavy (non-hydrogen) atoms. The normalized spacial score (nSPS) is 18.6. The van der Waals surface area contributed by atoms with Gasteiger partial charge in [-0.2, -0.15) is 23.5 Å². The van der Waals surface area contributed by atoms with Crippen molar-refractivity contribution in [3.05, 3.63) is 17.5 Å². The number of nitriles is 1. The van der Waals surface area contributed by atoms with Crippen molar-refractivity contribution >= 4 is 0 Å². The summed E-state index contributed by atoms with van der Waals surface area (Å²) in [6, 6.07) is 2.08. The van der Waals surface area contributed by atoms with Crippen molar-refractivity contribution in [1.29, 1.82) is 5.26 Å². The lowest BCUT2D eigenvalue weighted by Crippen LogP contribution is -2.64. The van der Waals surface area contributed by atoms with Gasteiger partial charge in [0.25, 0.3) is 0 Å². The molecule has 116 valence electrons. The fourth-order valence-corrected chi connectivity index (χ4v) is 2.92. The Morgan fingerprint density at radius 1 is 1.43 bits per heavy atom. The van der Waals surface area contributed by atoms with Crippen molar-refractivity contribution in [2.24, 2.45) is 0 Å². The molecule has 4 nitrogen and oxygen atoms in total. The van der Waals surface area contributed by atoms with Crippen molar-refractivity contribution in [3.8, 4) is 6.07 Å². The molecule has 0 N–H and O–H groups in total. The van der Waals surface area contributed by atoms with E-state index in [9.17, 15) is 13.2 Å². The minimum Gasteiger partial charge on any atom is -0.290 e. The Kier molecular flexibility index (Phi) is 4.02. The smallest absolute Gasteiger partial charge is 0.290 e. The minimum atomic E-state index is -4.21. The molecule has 0 saturated carbocycles. The molecule has 0 spiro atoms. The van der Waals surface area contributed by atoms with Crippen LogP contribution in [0.15, 0.2) is 6.20 Å². The van der Waals surface area contributed by atoms with E-state index in [0.29, 0.717) is 5.92 Å². The van der Waals surface area contributed by atoms with E-state index in [4.69, 9.17) is 5.26 Å². The summed E-state index contributed by atoms with van der Waals surface area (Å²) < 4.78 is 38.9. The second-order valence-electron chi connectivity index (χ2n) is 6.09. The van der Waals surface area contributed by atoms with Crippen LogP contribution in [-0.4, -0.2) is 40.5 Å². The SMILES string of the molecule is Cc1nn(C2(CC#N)CN(CC(F)(F)F)C2)cc1C(C)C. The van der Waals surface area contributed by atoms with Gasteiger partial charge in [-0.3, -0.25) is 9.58 Å². The van der Waals surface area contributed by atoms with Gasteiger partial charge < -0.3 is 0 Å². The third kappa shape index (κ3) is 3.21. The summed E-state index contributed by atoms with van der Waals surface area (Å²) in [5.41, 5.74) is 1.32. The number of rotatable bonds is 4. The highest BCUT2D eigenvalue weighted by molar-refractivity contribution is 5.21. The molecule has 0 unspecified atom stereocenters. The first kappa shape index (κ1) is 15.8. The number of hydrogen-bond acceptors (Lipinski definition) is 3. The second kappa shape index (κ2) is 5.34. The first-order valence-corrected chi connectivity index (χ1v) is 6.89. The molecule has 0 atom stereocenters. The van der Waals surface area contributed by atoms with Crippen LogP contribution in [0, 0.1) is 18.3 Å². The maximum Gasteiger partial charge on any atom is 0.401 e. The Morgan fingerprint density at radius 3 is 2.48 bits per heavy atom. The number of alkyl halides is 3. The summed E-state index contributed by atoms with van der Waals surface area (Å²) in [4.78, 5) is 1.31. The summed E-state index contributed by atoms with van der Waals surface area (Å²) >= 11 is 0. The van der Waals surface area contributed by atoms with Gasteiger partial charge in [0.05, 0.1) is 24.7 Å². The molecule has 1 aromatic heterocycles. The average Bonchev–Trinajstić information content (AvgIpc) is 2.67. The van der Waals surface area contributed by atoms with E-state index in [1.807, 2.05) is 27.0 Å². The summed E-state index contributed by atoms with van der Waals surface area (Å²) in [6.45, 7) is 5.46. The Bertz CT molecular complexity index is 548. The molecule has 0 bridgehead atoms. The van der Waals surface area contributed by atoms with Crippen molar-refractivity contribution in [3.63, 3.8) is 0 Å². The van der Waals surface area contributed by atoms with Gasteiger partial charge in [-0.1, -0.05) is 13.8 Å². The average molecular weight is 300 g/mol. The van der Waals surface area contributed by atoms with Crippen molar-refractivity contribution < 1.29 is 13.2 Å². The van der Waals surface area contributed by atoms with E-state index in [1.165, 1.54) is 4.90 Å². The lowest BCUT2D eigenvalue weighted by molar-refractivity contribution is -0.167. The van der Waals surface area contributed by atoms with E-state index in [0.717, 1.165) is 11.3 Å². The molecule has 1 fully saturated rings. The Labute approximate surface area is 122 Å². The molecule has 0 aromatic carbocycles. The van der Waals surface area contributed by atoms with Crippen molar-refractivity contribution in [1.82, 2.24) is 14.7 Å². The molecule has 0 aliphatic carbocycles. The topological polar surface area (TPSA) is 44.9 Å². The zero-order valence-corrected chi connectivity index (χ0v) is 12.4. The van der Waals surface area contributed by atoms with Crippen LogP contribution < -0.4 is 0 Å². The van der Waals surface area contributed by atoms with Gasteiger partial charge in [-0.15, -0.1) is 0 Å². The van der Waals surface area contributed by atoms with Gasteiger partial charge >= 0.3 is 6.18 Å². The summed E-state index contributed by atoms with van der Waals surface area (Å²) in [5.74, 6) is 0.296. The van der Waals surface area contributed by atoms with E-state index in [-0.39, 0.29) is 19.5 Å². The molecule has 0 radical (unpaired) electrons. The quantitative estimate of drug-likeness (QED) is 0.859. The summed E-state index contributed by atoms with van der Waals surface area (Å²) in [5, 5.41) is 13.4. The van der Waals surface area contributed by atoms with Crippen LogP contribution in [0.3, 0.4) is 0 Å². The first-order chi connectivity index (χ1) is 9.67. The van der Waals surface area contributed by atoms with Crippen LogP contribution in [0.1, 0.15) is 37.4 Å². The molecular formula is C14H19F3N4. The highest BCUT2D eigenvalue weighted by Crippen LogP contribution is 2.35. The van der Waals surface area contributed by atoms with Gasteiger partial charge in [-0.25, -0.2) is 0 Å². The van der Waals surface area contributed by atoms with Gasteiger partial charge in [0, 0.05) is 19.3 Å². The maximum absolute atomic E-state index is 12.4. The Hall–Kier alpha value is -1.55. The van der Waals surface area contributed by atoms with Crippen LogP contribution in [-0.2, 0) is 5.54 Å². The van der Waals surface area contributed by atoms with Crippen LogP contribution in [0.25, 0.3) is 0 Å². The molecule has 7 heteroatoms. The number of halogens is 3. The molecule has 2 rings (SSSR count). The molecule has 1 aromatic rings. The lowest BCUT2D eigenvalue weighted by atomic mass is 9.86. The largest absolute Gasteiger partial charge is 0.401 e. The fraction of sp³-hybridized carbons (Fsp3) is 0.714. The maximum atomic E-state index is 12.4. The van der Waals surface area contributed by atoms with Gasteiger partial charge in [0.1, 0.15) is 5.54 Å². The van der Waals surface area contributed by atoms with E-state index < -0.39 is 18.3 Å². The van der Waals surface area contributed by atoms with Gasteiger partial charge in [-0.05, 0) is 18.4 Å². The first-order valence-electron chi connectivity index (χ1n) is 6.89. The van der Waals surface area contributed by atoms with E-state index >= 15 is 0 Å². The zero-order chi connectivity index (χ0) is 15.8. The third-order valence-corrected chi connectivity index (χ3v) is 3.89. The summed E-state index contributed by atoms with van der Waals surface area (Å²) in [6.07, 6.45) is -2.16. The second-order valence-corrected chi connectivity index (χ2v) is 6.09. The molecule has 1 saturated heterocycles. The molecular weight excluding hydrogens is 281 g/mol. The van der Waals surface area contributed by atoms with Crippen LogP contribution in [0.4, 0.5) is 13.2 Å². The number of likely N-dealkylation sites (tertiary alicyclic amines) is 1. The number of aromatic nitrogens is 2. The number of hydrogen-bond donors (Lipinski definition) is 0. The number of nitrogens with zero attached hydrogens (tertiary/aromatic N) is 4. The number of aryl methyl sites for hydroxylation is 1. The molecule has 2 heterocycles. The fourth-order valence-electron chi connectivity index (χ4n) is 2.92. The van der Waals surface area contributed by atoms with Crippen molar-refractivity contribution in [2.45, 2.75) is 44.8 Å². The minimum absolute atomic E-state index is 0.167. The summed E-state index contributed by atoms with van der Waals surface area (Å²) in [7, 11) is 0. The lowest BCUT2D eigenvalue weighted by Gasteiger charge is -2.49. The molecule has 0 amide bonds. The molecule has 1 aliphatic heterocycles. The predicted octanol–water partition coefficient (Wildman–Crippen LogP) is 2.80. The zero-order valence-electron chi connectivity index (χ0n) is 12.4. The molecule has 1 aliphatic rings. The Morgan fingerprint density at radius 2 is 2.05 bits per heavy atom. The standard InChI is InChI=1S/C14H19F3N4/c1-10(2)12-6-21(19-11(12)3)13(4-5-18)7-20(8-13)9-14(15,16)17/h6,10H,4,7-9H2,1-3H3. The highest BCUT2D eigenvalue weighted by Gasteiger charge is 2.48. The highest BCUT2D eigenvalue weighted by atomic mass is 19.4. The predicted molar refractivity (Wildman–Crippen MR) is 71.8 cm³/mol. The van der Waals surface area contributed by atoms with E-state index in [1.54, 1.807) is 4.68 Å². The third-order valence-electron chi connectivity index (χ3n) is 3.89. The van der Waals surface area contributed by atoms with E-state index in [2.05, 4.69) is 11.2 Å². The van der Waals surface area contributed by atoms with Crippen LogP contribution >= 0.6 is 0 Å². The van der Waals surface area contributed by atoms with Gasteiger partial charge in [0.15, 0.2) is 0 Å².